The number of carbonyl (C=O) groups excluding carboxylic acids is 1. The van der Waals surface area contributed by atoms with E-state index in [1.165, 1.54) is 12.1 Å². The number of nitro benzene ring substituents is 1. The van der Waals surface area contributed by atoms with Crippen molar-refractivity contribution in [2.75, 3.05) is 7.05 Å². The molecule has 110 valence electrons. The maximum Gasteiger partial charge on any atom is 0.270 e. The summed E-state index contributed by atoms with van der Waals surface area (Å²) in [5.74, 6) is -0.232. The van der Waals surface area contributed by atoms with Gasteiger partial charge in [0.15, 0.2) is 0 Å². The lowest BCUT2D eigenvalue weighted by Gasteiger charge is -2.16. The molecule has 0 aliphatic carbocycles. The first-order chi connectivity index (χ1) is 9.86. The SMILES string of the molecule is Cc1cc(C(=O)N(C)Cc2csc(Br)c2)cc([N+](=O)[O-])c1. The Hall–Kier alpha value is -1.73. The van der Waals surface area contributed by atoms with E-state index in [9.17, 15) is 14.9 Å². The van der Waals surface area contributed by atoms with E-state index in [1.54, 1.807) is 36.3 Å². The molecule has 0 saturated carbocycles. The Kier molecular flexibility index (Phi) is 4.74. The van der Waals surface area contributed by atoms with Gasteiger partial charge in [-0.15, -0.1) is 11.3 Å². The molecular formula is C14H13BrN2O3S. The fraction of sp³-hybridized carbons (Fsp3) is 0.214. The standard InChI is InChI=1S/C14H13BrN2O3S/c1-9-3-11(6-12(4-9)17(19)20)14(18)16(2)7-10-5-13(15)21-8-10/h3-6,8H,7H2,1-2H3. The van der Waals surface area contributed by atoms with Crippen LogP contribution in [0.4, 0.5) is 5.69 Å². The molecule has 2 aromatic rings. The van der Waals surface area contributed by atoms with Crippen molar-refractivity contribution in [1.29, 1.82) is 0 Å². The summed E-state index contributed by atoms with van der Waals surface area (Å²) >= 11 is 4.93. The average Bonchev–Trinajstić information content (AvgIpc) is 2.82. The predicted molar refractivity (Wildman–Crippen MR) is 85.6 cm³/mol. The van der Waals surface area contributed by atoms with E-state index in [0.29, 0.717) is 17.7 Å². The lowest BCUT2D eigenvalue weighted by Crippen LogP contribution is -2.26. The molecule has 0 unspecified atom stereocenters. The molecule has 1 aromatic carbocycles. The third kappa shape index (κ3) is 3.89. The predicted octanol–water partition coefficient (Wildman–Crippen LogP) is 4.00. The number of aryl methyl sites for hydroxylation is 1. The average molecular weight is 369 g/mol. The largest absolute Gasteiger partial charge is 0.337 e. The molecule has 0 spiro atoms. The molecule has 1 heterocycles. The molecule has 2 rings (SSSR count). The van der Waals surface area contributed by atoms with Gasteiger partial charge in [0.2, 0.25) is 0 Å². The fourth-order valence-corrected chi connectivity index (χ4v) is 3.19. The molecule has 0 aliphatic rings. The van der Waals surface area contributed by atoms with Crippen LogP contribution in [0.25, 0.3) is 0 Å². The van der Waals surface area contributed by atoms with Crippen LogP contribution in [0, 0.1) is 17.0 Å². The number of amides is 1. The number of benzene rings is 1. The summed E-state index contributed by atoms with van der Waals surface area (Å²) in [7, 11) is 1.68. The van der Waals surface area contributed by atoms with Gasteiger partial charge in [-0.25, -0.2) is 0 Å². The summed E-state index contributed by atoms with van der Waals surface area (Å²) in [6.45, 7) is 2.20. The number of nitrogens with zero attached hydrogens (tertiary/aromatic N) is 2. The van der Waals surface area contributed by atoms with Crippen molar-refractivity contribution in [3.05, 3.63) is 60.2 Å². The van der Waals surface area contributed by atoms with E-state index in [4.69, 9.17) is 0 Å². The molecule has 7 heteroatoms. The van der Waals surface area contributed by atoms with Crippen molar-refractivity contribution in [2.45, 2.75) is 13.5 Å². The highest BCUT2D eigenvalue weighted by molar-refractivity contribution is 9.11. The van der Waals surface area contributed by atoms with Crippen LogP contribution in [0.1, 0.15) is 21.5 Å². The number of hydrogen-bond donors (Lipinski definition) is 0. The first-order valence-corrected chi connectivity index (χ1v) is 7.78. The minimum Gasteiger partial charge on any atom is -0.337 e. The highest BCUT2D eigenvalue weighted by Gasteiger charge is 2.17. The Morgan fingerprint density at radius 3 is 2.67 bits per heavy atom. The molecule has 0 aliphatic heterocycles. The van der Waals surface area contributed by atoms with Crippen LogP contribution in [0.2, 0.25) is 0 Å². The van der Waals surface area contributed by atoms with Gasteiger partial charge in [0.25, 0.3) is 11.6 Å². The Balaban J connectivity index is 2.20. The molecular weight excluding hydrogens is 356 g/mol. The van der Waals surface area contributed by atoms with Crippen LogP contribution in [0.15, 0.2) is 33.4 Å². The second-order valence-electron chi connectivity index (χ2n) is 4.73. The van der Waals surface area contributed by atoms with Gasteiger partial charge in [0.05, 0.1) is 8.71 Å². The van der Waals surface area contributed by atoms with Crippen LogP contribution in [0.3, 0.4) is 0 Å². The quantitative estimate of drug-likeness (QED) is 0.605. The van der Waals surface area contributed by atoms with Crippen molar-refractivity contribution in [3.63, 3.8) is 0 Å². The topological polar surface area (TPSA) is 63.5 Å². The van der Waals surface area contributed by atoms with Crippen LogP contribution in [-0.2, 0) is 6.54 Å². The first-order valence-electron chi connectivity index (χ1n) is 6.11. The van der Waals surface area contributed by atoms with E-state index in [0.717, 1.165) is 9.35 Å². The number of thiophene rings is 1. The van der Waals surface area contributed by atoms with Gasteiger partial charge in [-0.3, -0.25) is 14.9 Å². The summed E-state index contributed by atoms with van der Waals surface area (Å²) in [5, 5.41) is 12.8. The summed E-state index contributed by atoms with van der Waals surface area (Å²) in [6.07, 6.45) is 0. The van der Waals surface area contributed by atoms with E-state index >= 15 is 0 Å². The molecule has 0 fully saturated rings. The maximum atomic E-state index is 12.4. The molecule has 21 heavy (non-hydrogen) atoms. The fourth-order valence-electron chi connectivity index (χ4n) is 1.99. The van der Waals surface area contributed by atoms with Crippen molar-refractivity contribution in [1.82, 2.24) is 4.90 Å². The Morgan fingerprint density at radius 2 is 2.10 bits per heavy atom. The van der Waals surface area contributed by atoms with Gasteiger partial charge < -0.3 is 4.90 Å². The number of non-ortho nitro benzene ring substituents is 1. The highest BCUT2D eigenvalue weighted by atomic mass is 79.9. The molecule has 1 amide bonds. The summed E-state index contributed by atoms with van der Waals surface area (Å²) in [6, 6.07) is 6.38. The second-order valence-corrected chi connectivity index (χ2v) is 7.03. The molecule has 0 N–H and O–H groups in total. The third-order valence-corrected chi connectivity index (χ3v) is 4.46. The Labute approximate surface area is 134 Å². The monoisotopic (exact) mass is 368 g/mol. The zero-order valence-corrected chi connectivity index (χ0v) is 13.9. The highest BCUT2D eigenvalue weighted by Crippen LogP contribution is 2.23. The summed E-state index contributed by atoms with van der Waals surface area (Å²) < 4.78 is 1.00. The van der Waals surface area contributed by atoms with Gasteiger partial charge in [-0.1, -0.05) is 0 Å². The lowest BCUT2D eigenvalue weighted by atomic mass is 10.1. The van der Waals surface area contributed by atoms with E-state index in [-0.39, 0.29) is 11.6 Å². The smallest absolute Gasteiger partial charge is 0.270 e. The maximum absolute atomic E-state index is 12.4. The van der Waals surface area contributed by atoms with Crippen LogP contribution in [-0.4, -0.2) is 22.8 Å². The Bertz CT molecular complexity index is 699. The van der Waals surface area contributed by atoms with Crippen molar-refractivity contribution in [2.24, 2.45) is 0 Å². The zero-order valence-electron chi connectivity index (χ0n) is 11.5. The number of halogens is 1. The second kappa shape index (κ2) is 6.36. The van der Waals surface area contributed by atoms with Crippen molar-refractivity contribution in [3.8, 4) is 0 Å². The van der Waals surface area contributed by atoms with Crippen LogP contribution in [0.5, 0.6) is 0 Å². The molecule has 5 nitrogen and oxygen atoms in total. The minimum absolute atomic E-state index is 0.0648. The van der Waals surface area contributed by atoms with Crippen molar-refractivity contribution < 1.29 is 9.72 Å². The van der Waals surface area contributed by atoms with Crippen molar-refractivity contribution >= 4 is 38.9 Å². The van der Waals surface area contributed by atoms with Gasteiger partial charge >= 0.3 is 0 Å². The molecule has 0 saturated heterocycles. The van der Waals surface area contributed by atoms with E-state index in [2.05, 4.69) is 15.9 Å². The van der Waals surface area contributed by atoms with Gasteiger partial charge in [-0.05, 0) is 51.5 Å². The first kappa shape index (κ1) is 15.7. The van der Waals surface area contributed by atoms with E-state index in [1.807, 2.05) is 11.4 Å². The molecule has 0 bridgehead atoms. The molecule has 0 atom stereocenters. The van der Waals surface area contributed by atoms with E-state index < -0.39 is 4.92 Å². The molecule has 1 aromatic heterocycles. The van der Waals surface area contributed by atoms with Gasteiger partial charge in [-0.2, -0.15) is 0 Å². The van der Waals surface area contributed by atoms with Gasteiger partial charge in [0, 0.05) is 31.3 Å². The van der Waals surface area contributed by atoms with Crippen LogP contribution >= 0.6 is 27.3 Å². The Morgan fingerprint density at radius 1 is 1.38 bits per heavy atom. The zero-order chi connectivity index (χ0) is 15.6. The number of carbonyl (C=O) groups is 1. The normalized spacial score (nSPS) is 10.4. The van der Waals surface area contributed by atoms with Gasteiger partial charge in [0.1, 0.15) is 0 Å². The minimum atomic E-state index is -0.486. The number of hydrogen-bond acceptors (Lipinski definition) is 4. The number of nitro groups is 1. The lowest BCUT2D eigenvalue weighted by molar-refractivity contribution is -0.384. The number of rotatable bonds is 4. The summed E-state index contributed by atoms with van der Waals surface area (Å²) in [4.78, 5) is 24.3. The molecule has 0 radical (unpaired) electrons. The summed E-state index contributed by atoms with van der Waals surface area (Å²) in [5.41, 5.74) is 1.98. The third-order valence-electron chi connectivity index (χ3n) is 2.91. The van der Waals surface area contributed by atoms with Crippen LogP contribution < -0.4 is 0 Å².